The number of anilines is 1. The van der Waals surface area contributed by atoms with Gasteiger partial charge in [0.15, 0.2) is 0 Å². The lowest BCUT2D eigenvalue weighted by Gasteiger charge is -2.47. The fraction of sp³-hybridized carbons (Fsp3) is 0.600. The summed E-state index contributed by atoms with van der Waals surface area (Å²) < 4.78 is 5.70. The molecule has 0 saturated carbocycles. The summed E-state index contributed by atoms with van der Waals surface area (Å²) in [5, 5.41) is 0. The maximum Gasteiger partial charge on any atom is 0.142 e. The predicted molar refractivity (Wildman–Crippen MR) is 76.1 cm³/mol. The Labute approximate surface area is 110 Å². The molecule has 1 saturated heterocycles. The molecule has 0 unspecified atom stereocenters. The number of nitrogens with zero attached hydrogens (tertiary/aromatic N) is 1. The Morgan fingerprint density at radius 2 is 1.94 bits per heavy atom. The van der Waals surface area contributed by atoms with E-state index in [0.29, 0.717) is 18.6 Å². The van der Waals surface area contributed by atoms with Gasteiger partial charge in [0.2, 0.25) is 0 Å². The molecule has 18 heavy (non-hydrogen) atoms. The smallest absolute Gasteiger partial charge is 0.142 e. The van der Waals surface area contributed by atoms with Gasteiger partial charge in [-0.05, 0) is 23.5 Å². The summed E-state index contributed by atoms with van der Waals surface area (Å²) in [5.41, 5.74) is 7.08. The van der Waals surface area contributed by atoms with Gasteiger partial charge < -0.3 is 15.4 Å². The first-order valence-electron chi connectivity index (χ1n) is 6.69. The van der Waals surface area contributed by atoms with Crippen LogP contribution in [0.5, 0.6) is 5.75 Å². The molecule has 1 fully saturated rings. The van der Waals surface area contributed by atoms with E-state index >= 15 is 0 Å². The molecule has 0 radical (unpaired) electrons. The van der Waals surface area contributed by atoms with Crippen molar-refractivity contribution in [2.75, 3.05) is 31.1 Å². The molecule has 2 N–H and O–H groups in total. The summed E-state index contributed by atoms with van der Waals surface area (Å²) in [6.45, 7) is 10.3. The van der Waals surface area contributed by atoms with Crippen LogP contribution in [0, 0.1) is 11.3 Å². The third-order valence-electron chi connectivity index (χ3n) is 3.69. The molecule has 2 rings (SSSR count). The molecular formula is C15H24N2O. The third-order valence-corrected chi connectivity index (χ3v) is 3.69. The largest absolute Gasteiger partial charge is 0.490 e. The van der Waals surface area contributed by atoms with Gasteiger partial charge in [-0.25, -0.2) is 0 Å². The van der Waals surface area contributed by atoms with E-state index in [-0.39, 0.29) is 0 Å². The average molecular weight is 248 g/mol. The second-order valence-electron chi connectivity index (χ2n) is 6.07. The highest BCUT2D eigenvalue weighted by atomic mass is 16.5. The molecule has 3 nitrogen and oxygen atoms in total. The van der Waals surface area contributed by atoms with Crippen LogP contribution < -0.4 is 15.4 Å². The van der Waals surface area contributed by atoms with E-state index in [4.69, 9.17) is 10.5 Å². The minimum absolute atomic E-state index is 0.392. The third kappa shape index (κ3) is 2.78. The summed E-state index contributed by atoms with van der Waals surface area (Å²) >= 11 is 0. The molecule has 1 aliphatic heterocycles. The van der Waals surface area contributed by atoms with Crippen LogP contribution in [0.15, 0.2) is 24.3 Å². The van der Waals surface area contributed by atoms with E-state index in [1.807, 2.05) is 12.1 Å². The zero-order valence-electron chi connectivity index (χ0n) is 11.6. The van der Waals surface area contributed by atoms with Gasteiger partial charge in [0.25, 0.3) is 0 Å². The molecule has 1 aliphatic rings. The van der Waals surface area contributed by atoms with Crippen molar-refractivity contribution < 1.29 is 4.74 Å². The predicted octanol–water partition coefficient (Wildman–Crippen LogP) is 2.51. The van der Waals surface area contributed by atoms with E-state index in [0.717, 1.165) is 24.8 Å². The fourth-order valence-corrected chi connectivity index (χ4v) is 2.23. The number of nitrogens with two attached hydrogens (primary N) is 1. The first-order valence-corrected chi connectivity index (χ1v) is 6.69. The van der Waals surface area contributed by atoms with Crippen molar-refractivity contribution in [3.63, 3.8) is 0 Å². The van der Waals surface area contributed by atoms with Gasteiger partial charge >= 0.3 is 0 Å². The SMILES string of the molecule is CC(C)(C)C1CN(c2ccccc2OCCN)C1. The first-order chi connectivity index (χ1) is 8.52. The maximum atomic E-state index is 5.70. The minimum atomic E-state index is 0.392. The standard InChI is InChI=1S/C15H24N2O/c1-15(2,3)12-10-17(11-12)13-6-4-5-7-14(13)18-9-8-16/h4-7,12H,8-11,16H2,1-3H3. The number of rotatable bonds is 4. The van der Waals surface area contributed by atoms with Crippen molar-refractivity contribution in [2.45, 2.75) is 20.8 Å². The molecular weight excluding hydrogens is 224 g/mol. The summed E-state index contributed by atoms with van der Waals surface area (Å²) in [6.07, 6.45) is 0. The monoisotopic (exact) mass is 248 g/mol. The minimum Gasteiger partial charge on any atom is -0.490 e. The van der Waals surface area contributed by atoms with Crippen molar-refractivity contribution in [2.24, 2.45) is 17.1 Å². The van der Waals surface area contributed by atoms with Crippen LogP contribution in [-0.2, 0) is 0 Å². The molecule has 100 valence electrons. The highest BCUT2D eigenvalue weighted by molar-refractivity contribution is 5.60. The zero-order valence-corrected chi connectivity index (χ0v) is 11.6. The van der Waals surface area contributed by atoms with Crippen molar-refractivity contribution in [3.8, 4) is 5.75 Å². The fourth-order valence-electron chi connectivity index (χ4n) is 2.23. The van der Waals surface area contributed by atoms with Gasteiger partial charge in [-0.1, -0.05) is 32.9 Å². The lowest BCUT2D eigenvalue weighted by molar-refractivity contribution is 0.194. The number of hydrogen-bond acceptors (Lipinski definition) is 3. The Bertz CT molecular complexity index is 392. The van der Waals surface area contributed by atoms with Crippen LogP contribution in [-0.4, -0.2) is 26.2 Å². The number of benzene rings is 1. The topological polar surface area (TPSA) is 38.5 Å². The highest BCUT2D eigenvalue weighted by Crippen LogP contribution is 2.39. The Morgan fingerprint density at radius 3 is 2.56 bits per heavy atom. The molecule has 0 bridgehead atoms. The second kappa shape index (κ2) is 5.19. The summed E-state index contributed by atoms with van der Waals surface area (Å²) in [6, 6.07) is 8.23. The van der Waals surface area contributed by atoms with E-state index in [1.54, 1.807) is 0 Å². The molecule has 0 amide bonds. The van der Waals surface area contributed by atoms with Crippen molar-refractivity contribution in [1.82, 2.24) is 0 Å². The quantitative estimate of drug-likeness (QED) is 0.889. The van der Waals surface area contributed by atoms with E-state index in [1.165, 1.54) is 5.69 Å². The molecule has 0 spiro atoms. The Balaban J connectivity index is 2.02. The maximum absolute atomic E-state index is 5.70. The van der Waals surface area contributed by atoms with Crippen molar-refractivity contribution >= 4 is 5.69 Å². The summed E-state index contributed by atoms with van der Waals surface area (Å²) in [7, 11) is 0. The lowest BCUT2D eigenvalue weighted by atomic mass is 9.76. The highest BCUT2D eigenvalue weighted by Gasteiger charge is 2.36. The first kappa shape index (κ1) is 13.2. The molecule has 0 aliphatic carbocycles. The van der Waals surface area contributed by atoms with Gasteiger partial charge in [0, 0.05) is 19.6 Å². The van der Waals surface area contributed by atoms with Crippen molar-refractivity contribution in [3.05, 3.63) is 24.3 Å². The summed E-state index contributed by atoms with van der Waals surface area (Å²) in [5.74, 6) is 1.72. The second-order valence-corrected chi connectivity index (χ2v) is 6.07. The van der Waals surface area contributed by atoms with Crippen LogP contribution in [0.1, 0.15) is 20.8 Å². The number of para-hydroxylation sites is 2. The number of hydrogen-bond donors (Lipinski definition) is 1. The van der Waals surface area contributed by atoms with Gasteiger partial charge in [0.1, 0.15) is 12.4 Å². The van der Waals surface area contributed by atoms with Gasteiger partial charge in [-0.15, -0.1) is 0 Å². The Kier molecular flexibility index (Phi) is 3.81. The molecule has 1 heterocycles. The van der Waals surface area contributed by atoms with Crippen LogP contribution in [0.2, 0.25) is 0 Å². The Hall–Kier alpha value is -1.22. The van der Waals surface area contributed by atoms with Gasteiger partial charge in [0.05, 0.1) is 5.69 Å². The Morgan fingerprint density at radius 1 is 1.28 bits per heavy atom. The molecule has 0 aromatic heterocycles. The molecule has 0 atom stereocenters. The zero-order chi connectivity index (χ0) is 13.2. The van der Waals surface area contributed by atoms with E-state index in [2.05, 4.69) is 37.8 Å². The number of ether oxygens (including phenoxy) is 1. The molecule has 3 heteroatoms. The van der Waals surface area contributed by atoms with Crippen LogP contribution >= 0.6 is 0 Å². The van der Waals surface area contributed by atoms with Crippen LogP contribution in [0.25, 0.3) is 0 Å². The molecule has 1 aromatic rings. The molecule has 1 aromatic carbocycles. The van der Waals surface area contributed by atoms with Crippen molar-refractivity contribution in [1.29, 1.82) is 0 Å². The van der Waals surface area contributed by atoms with E-state index < -0.39 is 0 Å². The van der Waals surface area contributed by atoms with Gasteiger partial charge in [-0.3, -0.25) is 0 Å². The normalized spacial score (nSPS) is 16.6. The van der Waals surface area contributed by atoms with Crippen LogP contribution in [0.4, 0.5) is 5.69 Å². The van der Waals surface area contributed by atoms with Gasteiger partial charge in [-0.2, -0.15) is 0 Å². The van der Waals surface area contributed by atoms with E-state index in [9.17, 15) is 0 Å². The van der Waals surface area contributed by atoms with Crippen LogP contribution in [0.3, 0.4) is 0 Å². The average Bonchev–Trinajstić information content (AvgIpc) is 2.24. The lowest BCUT2D eigenvalue weighted by Crippen LogP contribution is -2.52. The summed E-state index contributed by atoms with van der Waals surface area (Å²) in [4.78, 5) is 2.39.